The smallest absolute Gasteiger partial charge is 0.119 e. The van der Waals surface area contributed by atoms with Crippen molar-refractivity contribution in [3.8, 4) is 5.75 Å². The first-order valence-corrected chi connectivity index (χ1v) is 7.01. The van der Waals surface area contributed by atoms with Crippen LogP contribution in [0.4, 0.5) is 0 Å². The van der Waals surface area contributed by atoms with E-state index < -0.39 is 0 Å². The molecule has 0 atom stereocenters. The minimum absolute atomic E-state index is 0.0118. The van der Waals surface area contributed by atoms with Gasteiger partial charge in [-0.2, -0.15) is 0 Å². The van der Waals surface area contributed by atoms with Gasteiger partial charge in [0, 0.05) is 5.56 Å². The molecule has 1 heteroatoms. The molecule has 0 aliphatic carbocycles. The van der Waals surface area contributed by atoms with Crippen molar-refractivity contribution in [1.82, 2.24) is 0 Å². The van der Waals surface area contributed by atoms with Gasteiger partial charge in [-0.3, -0.25) is 0 Å². The van der Waals surface area contributed by atoms with E-state index in [4.69, 9.17) is 0 Å². The van der Waals surface area contributed by atoms with E-state index in [0.29, 0.717) is 5.75 Å². The van der Waals surface area contributed by atoms with E-state index in [9.17, 15) is 5.11 Å². The monoisotopic (exact) mass is 248 g/mol. The van der Waals surface area contributed by atoms with Gasteiger partial charge in [0.15, 0.2) is 0 Å². The highest BCUT2D eigenvalue weighted by Crippen LogP contribution is 2.43. The fourth-order valence-corrected chi connectivity index (χ4v) is 2.61. The maximum Gasteiger partial charge on any atom is 0.119 e. The van der Waals surface area contributed by atoms with Gasteiger partial charge in [0.1, 0.15) is 5.75 Å². The second-order valence-electron chi connectivity index (χ2n) is 6.63. The number of aryl methyl sites for hydroxylation is 1. The van der Waals surface area contributed by atoms with Crippen LogP contribution in [0.2, 0.25) is 0 Å². The molecule has 1 aromatic rings. The first-order valence-electron chi connectivity index (χ1n) is 7.01. The quantitative estimate of drug-likeness (QED) is 0.788. The SMILES string of the molecule is CCC(C)(C)c1c(C)ccc(O)c1C(C)(C)CC. The molecule has 0 saturated carbocycles. The van der Waals surface area contributed by atoms with Crippen LogP contribution in [0, 0.1) is 6.92 Å². The topological polar surface area (TPSA) is 20.2 Å². The van der Waals surface area contributed by atoms with Crippen LogP contribution in [0.25, 0.3) is 0 Å². The van der Waals surface area contributed by atoms with Crippen molar-refractivity contribution >= 4 is 0 Å². The number of aromatic hydroxyl groups is 1. The van der Waals surface area contributed by atoms with Gasteiger partial charge in [-0.05, 0) is 47.8 Å². The van der Waals surface area contributed by atoms with E-state index in [0.717, 1.165) is 18.4 Å². The molecule has 1 nitrogen and oxygen atoms in total. The third-order valence-electron chi connectivity index (χ3n) is 4.51. The van der Waals surface area contributed by atoms with Crippen molar-refractivity contribution in [2.75, 3.05) is 0 Å². The lowest BCUT2D eigenvalue weighted by molar-refractivity contribution is 0.407. The Morgan fingerprint density at radius 3 is 1.78 bits per heavy atom. The summed E-state index contributed by atoms with van der Waals surface area (Å²) in [5, 5.41) is 10.3. The molecule has 0 spiro atoms. The van der Waals surface area contributed by atoms with Crippen LogP contribution in [0.15, 0.2) is 12.1 Å². The summed E-state index contributed by atoms with van der Waals surface area (Å²) in [7, 11) is 0. The lowest BCUT2D eigenvalue weighted by Gasteiger charge is -2.35. The number of benzene rings is 1. The zero-order valence-electron chi connectivity index (χ0n) is 13.0. The highest BCUT2D eigenvalue weighted by Gasteiger charge is 2.32. The van der Waals surface area contributed by atoms with Crippen molar-refractivity contribution in [2.24, 2.45) is 0 Å². The predicted octanol–water partition coefficient (Wildman–Crippen LogP) is 5.08. The second-order valence-corrected chi connectivity index (χ2v) is 6.63. The van der Waals surface area contributed by atoms with Crippen molar-refractivity contribution in [2.45, 2.75) is 72.1 Å². The maximum absolute atomic E-state index is 10.3. The molecular formula is C17H28O. The number of rotatable bonds is 4. The third kappa shape index (κ3) is 2.55. The predicted molar refractivity (Wildman–Crippen MR) is 79.5 cm³/mol. The molecule has 0 fully saturated rings. The molecule has 0 aliphatic heterocycles. The summed E-state index contributed by atoms with van der Waals surface area (Å²) in [4.78, 5) is 0. The van der Waals surface area contributed by atoms with Crippen LogP contribution >= 0.6 is 0 Å². The summed E-state index contributed by atoms with van der Waals surface area (Å²) >= 11 is 0. The molecular weight excluding hydrogens is 220 g/mol. The normalized spacial score (nSPS) is 12.8. The summed E-state index contributed by atoms with van der Waals surface area (Å²) in [6.45, 7) is 15.5. The van der Waals surface area contributed by atoms with E-state index in [1.165, 1.54) is 11.1 Å². The molecule has 1 rings (SSSR count). The van der Waals surface area contributed by atoms with Crippen molar-refractivity contribution < 1.29 is 5.11 Å². The highest BCUT2D eigenvalue weighted by molar-refractivity contribution is 5.51. The average Bonchev–Trinajstić information content (AvgIpc) is 2.31. The Bertz CT molecular complexity index is 386. The Kier molecular flexibility index (Phi) is 4.15. The summed E-state index contributed by atoms with van der Waals surface area (Å²) in [5.74, 6) is 0.448. The molecule has 0 aliphatic rings. The molecule has 0 unspecified atom stereocenters. The first-order chi connectivity index (χ1) is 8.17. The molecule has 1 N–H and O–H groups in total. The van der Waals surface area contributed by atoms with Crippen molar-refractivity contribution in [3.05, 3.63) is 28.8 Å². The minimum atomic E-state index is 0.0118. The summed E-state index contributed by atoms with van der Waals surface area (Å²) in [6, 6.07) is 3.88. The Morgan fingerprint density at radius 1 is 0.889 bits per heavy atom. The lowest BCUT2D eigenvalue weighted by atomic mass is 9.69. The van der Waals surface area contributed by atoms with E-state index in [1.807, 2.05) is 12.1 Å². The number of phenolic OH excluding ortho intramolecular Hbond substituents is 1. The van der Waals surface area contributed by atoms with Crippen molar-refractivity contribution in [3.63, 3.8) is 0 Å². The van der Waals surface area contributed by atoms with Gasteiger partial charge in [-0.15, -0.1) is 0 Å². The molecule has 0 heterocycles. The van der Waals surface area contributed by atoms with Gasteiger partial charge in [0.05, 0.1) is 0 Å². The summed E-state index contributed by atoms with van der Waals surface area (Å²) in [6.07, 6.45) is 2.10. The molecule has 0 aromatic heterocycles. The van der Waals surface area contributed by atoms with Crippen LogP contribution in [-0.2, 0) is 10.8 Å². The Labute approximate surface area is 112 Å². The Balaban J connectivity index is 3.64. The van der Waals surface area contributed by atoms with Crippen LogP contribution in [0.3, 0.4) is 0 Å². The van der Waals surface area contributed by atoms with Gasteiger partial charge in [0.25, 0.3) is 0 Å². The summed E-state index contributed by atoms with van der Waals surface area (Å²) < 4.78 is 0. The fourth-order valence-electron chi connectivity index (χ4n) is 2.61. The number of phenols is 1. The first kappa shape index (κ1) is 15.1. The van der Waals surface area contributed by atoms with E-state index in [1.54, 1.807) is 0 Å². The van der Waals surface area contributed by atoms with Crippen LogP contribution in [0.5, 0.6) is 5.75 Å². The second kappa shape index (κ2) is 4.95. The third-order valence-corrected chi connectivity index (χ3v) is 4.51. The van der Waals surface area contributed by atoms with E-state index in [2.05, 4.69) is 48.5 Å². The maximum atomic E-state index is 10.3. The number of hydrogen-bond acceptors (Lipinski definition) is 1. The standard InChI is InChI=1S/C17H28O/c1-8-16(4,5)14-12(3)10-11-13(18)15(14)17(6,7)9-2/h10-11,18H,8-9H2,1-7H3. The number of hydrogen-bond donors (Lipinski definition) is 1. The Hall–Kier alpha value is -0.980. The molecule has 18 heavy (non-hydrogen) atoms. The average molecular weight is 248 g/mol. The van der Waals surface area contributed by atoms with E-state index in [-0.39, 0.29) is 10.8 Å². The van der Waals surface area contributed by atoms with Gasteiger partial charge < -0.3 is 5.11 Å². The molecule has 102 valence electrons. The van der Waals surface area contributed by atoms with E-state index >= 15 is 0 Å². The van der Waals surface area contributed by atoms with Gasteiger partial charge in [0.2, 0.25) is 0 Å². The van der Waals surface area contributed by atoms with Crippen LogP contribution in [-0.4, -0.2) is 5.11 Å². The zero-order valence-corrected chi connectivity index (χ0v) is 13.0. The zero-order chi connectivity index (χ0) is 14.1. The fraction of sp³-hybridized carbons (Fsp3) is 0.647. The molecule has 0 saturated heterocycles. The van der Waals surface area contributed by atoms with Crippen molar-refractivity contribution in [1.29, 1.82) is 0 Å². The molecule has 0 bridgehead atoms. The van der Waals surface area contributed by atoms with Gasteiger partial charge in [-0.25, -0.2) is 0 Å². The van der Waals surface area contributed by atoms with Gasteiger partial charge >= 0.3 is 0 Å². The summed E-state index contributed by atoms with van der Waals surface area (Å²) in [5.41, 5.74) is 3.87. The molecule has 1 aromatic carbocycles. The molecule has 0 radical (unpaired) electrons. The largest absolute Gasteiger partial charge is 0.508 e. The van der Waals surface area contributed by atoms with Crippen LogP contribution in [0.1, 0.15) is 71.1 Å². The van der Waals surface area contributed by atoms with Crippen LogP contribution < -0.4 is 0 Å². The lowest BCUT2D eigenvalue weighted by Crippen LogP contribution is -2.26. The highest BCUT2D eigenvalue weighted by atomic mass is 16.3. The Morgan fingerprint density at radius 2 is 1.33 bits per heavy atom. The van der Waals surface area contributed by atoms with Gasteiger partial charge in [-0.1, -0.05) is 47.6 Å². The minimum Gasteiger partial charge on any atom is -0.508 e. The molecule has 0 amide bonds.